The smallest absolute Gasteiger partial charge is 0.356 e. The molecule has 1 saturated heterocycles. The van der Waals surface area contributed by atoms with Gasteiger partial charge < -0.3 is 14.4 Å². The number of esters is 2. The van der Waals surface area contributed by atoms with Crippen LogP contribution in [-0.2, 0) is 14.3 Å². The van der Waals surface area contributed by atoms with Crippen molar-refractivity contribution in [3.8, 4) is 0 Å². The van der Waals surface area contributed by atoms with Crippen LogP contribution in [0.15, 0.2) is 18.3 Å². The second kappa shape index (κ2) is 5.90. The van der Waals surface area contributed by atoms with Crippen LogP contribution in [0, 0.1) is 11.8 Å². The standard InChI is InChI=1S/C14H18N2O4/c1-9-7-16(8-11(9)13(17)19-2)10-4-5-15-12(6-10)14(18)20-3/h4-6,9,11H,7-8H2,1-3H3. The molecule has 0 N–H and O–H groups in total. The van der Waals surface area contributed by atoms with Crippen molar-refractivity contribution in [1.82, 2.24) is 4.98 Å². The van der Waals surface area contributed by atoms with E-state index in [1.165, 1.54) is 14.2 Å². The van der Waals surface area contributed by atoms with Gasteiger partial charge in [0.05, 0.1) is 20.1 Å². The van der Waals surface area contributed by atoms with Gasteiger partial charge in [-0.2, -0.15) is 0 Å². The van der Waals surface area contributed by atoms with Crippen molar-refractivity contribution in [3.63, 3.8) is 0 Å². The lowest BCUT2D eigenvalue weighted by Crippen LogP contribution is -2.24. The zero-order valence-corrected chi connectivity index (χ0v) is 11.8. The molecule has 20 heavy (non-hydrogen) atoms. The lowest BCUT2D eigenvalue weighted by atomic mass is 9.99. The molecule has 6 nitrogen and oxygen atoms in total. The van der Waals surface area contributed by atoms with Crippen LogP contribution in [0.4, 0.5) is 5.69 Å². The molecule has 2 heterocycles. The number of pyridine rings is 1. The van der Waals surface area contributed by atoms with E-state index < -0.39 is 5.97 Å². The summed E-state index contributed by atoms with van der Waals surface area (Å²) in [6.07, 6.45) is 1.57. The SMILES string of the molecule is COC(=O)c1cc(N2CC(C)C(C(=O)OC)C2)ccn1. The first-order valence-corrected chi connectivity index (χ1v) is 6.44. The van der Waals surface area contributed by atoms with E-state index in [9.17, 15) is 9.59 Å². The summed E-state index contributed by atoms with van der Waals surface area (Å²) in [6.45, 7) is 3.34. The molecule has 0 saturated carbocycles. The Kier molecular flexibility index (Phi) is 4.22. The van der Waals surface area contributed by atoms with Crippen LogP contribution in [-0.4, -0.2) is 44.2 Å². The van der Waals surface area contributed by atoms with Gasteiger partial charge in [0.25, 0.3) is 0 Å². The molecule has 2 atom stereocenters. The highest BCUT2D eigenvalue weighted by Gasteiger charge is 2.35. The molecule has 0 aliphatic carbocycles. The molecule has 0 bridgehead atoms. The molecule has 1 aromatic rings. The second-order valence-electron chi connectivity index (χ2n) is 4.90. The summed E-state index contributed by atoms with van der Waals surface area (Å²) in [5.74, 6) is -0.599. The second-order valence-corrected chi connectivity index (χ2v) is 4.90. The zero-order chi connectivity index (χ0) is 14.7. The van der Waals surface area contributed by atoms with Crippen LogP contribution in [0.2, 0.25) is 0 Å². The van der Waals surface area contributed by atoms with Crippen LogP contribution in [0.25, 0.3) is 0 Å². The largest absolute Gasteiger partial charge is 0.469 e. The van der Waals surface area contributed by atoms with Crippen LogP contribution in [0.1, 0.15) is 17.4 Å². The summed E-state index contributed by atoms with van der Waals surface area (Å²) in [5, 5.41) is 0. The quantitative estimate of drug-likeness (QED) is 0.772. The first-order valence-electron chi connectivity index (χ1n) is 6.44. The monoisotopic (exact) mass is 278 g/mol. The highest BCUT2D eigenvalue weighted by atomic mass is 16.5. The summed E-state index contributed by atoms with van der Waals surface area (Å²) in [5.41, 5.74) is 1.12. The minimum atomic E-state index is -0.469. The number of nitrogens with zero attached hydrogens (tertiary/aromatic N) is 2. The molecule has 108 valence electrons. The van der Waals surface area contributed by atoms with Gasteiger partial charge in [-0.1, -0.05) is 6.92 Å². The highest BCUT2D eigenvalue weighted by molar-refractivity contribution is 5.88. The van der Waals surface area contributed by atoms with Gasteiger partial charge in [0, 0.05) is 25.0 Å². The van der Waals surface area contributed by atoms with Crippen molar-refractivity contribution in [2.75, 3.05) is 32.2 Å². The Hall–Kier alpha value is -2.11. The summed E-state index contributed by atoms with van der Waals surface area (Å²) >= 11 is 0. The fraction of sp³-hybridized carbons (Fsp3) is 0.500. The van der Waals surface area contributed by atoms with E-state index in [1.54, 1.807) is 12.3 Å². The average Bonchev–Trinajstić information content (AvgIpc) is 2.87. The summed E-state index contributed by atoms with van der Waals surface area (Å²) in [4.78, 5) is 29.2. The maximum atomic E-state index is 11.7. The van der Waals surface area contributed by atoms with Gasteiger partial charge in [0.1, 0.15) is 5.69 Å². The van der Waals surface area contributed by atoms with E-state index >= 15 is 0 Å². The molecule has 1 aromatic heterocycles. The summed E-state index contributed by atoms with van der Waals surface area (Å²) in [7, 11) is 2.72. The Morgan fingerprint density at radius 1 is 1.30 bits per heavy atom. The molecule has 0 spiro atoms. The molecule has 1 aliphatic heterocycles. The number of methoxy groups -OCH3 is 2. The molecule has 0 amide bonds. The van der Waals surface area contributed by atoms with Gasteiger partial charge in [-0.3, -0.25) is 4.79 Å². The maximum absolute atomic E-state index is 11.7. The number of carbonyl (C=O) groups excluding carboxylic acids is 2. The van der Waals surface area contributed by atoms with Gasteiger partial charge in [-0.05, 0) is 18.1 Å². The molecule has 6 heteroatoms. The first kappa shape index (κ1) is 14.3. The number of aromatic nitrogens is 1. The number of rotatable bonds is 3. The minimum Gasteiger partial charge on any atom is -0.469 e. The first-order chi connectivity index (χ1) is 9.56. The lowest BCUT2D eigenvalue weighted by Gasteiger charge is -2.18. The Labute approximate surface area is 117 Å². The van der Waals surface area contributed by atoms with Crippen molar-refractivity contribution < 1.29 is 19.1 Å². The zero-order valence-electron chi connectivity index (χ0n) is 11.8. The van der Waals surface area contributed by atoms with E-state index in [4.69, 9.17) is 4.74 Å². The molecule has 1 aliphatic rings. The fourth-order valence-corrected chi connectivity index (χ4v) is 2.47. The molecular weight excluding hydrogens is 260 g/mol. The third-order valence-corrected chi connectivity index (χ3v) is 3.62. The van der Waals surface area contributed by atoms with Crippen molar-refractivity contribution in [2.24, 2.45) is 11.8 Å². The van der Waals surface area contributed by atoms with E-state index in [0.29, 0.717) is 6.54 Å². The lowest BCUT2D eigenvalue weighted by molar-refractivity contribution is -0.145. The van der Waals surface area contributed by atoms with Crippen LogP contribution < -0.4 is 4.90 Å². The average molecular weight is 278 g/mol. The van der Waals surface area contributed by atoms with E-state index in [1.807, 2.05) is 13.0 Å². The van der Waals surface area contributed by atoms with Gasteiger partial charge in [0.2, 0.25) is 0 Å². The third-order valence-electron chi connectivity index (χ3n) is 3.62. The van der Waals surface area contributed by atoms with E-state index in [2.05, 4.69) is 14.6 Å². The number of hydrogen-bond acceptors (Lipinski definition) is 6. The topological polar surface area (TPSA) is 68.7 Å². The van der Waals surface area contributed by atoms with Crippen molar-refractivity contribution in [1.29, 1.82) is 0 Å². The predicted octanol–water partition coefficient (Wildman–Crippen LogP) is 1.11. The Morgan fingerprint density at radius 2 is 2.05 bits per heavy atom. The Bertz CT molecular complexity index is 518. The molecule has 2 unspecified atom stereocenters. The minimum absolute atomic E-state index is 0.144. The van der Waals surface area contributed by atoms with Crippen molar-refractivity contribution in [3.05, 3.63) is 24.0 Å². The van der Waals surface area contributed by atoms with Crippen LogP contribution in [0.3, 0.4) is 0 Å². The normalized spacial score (nSPS) is 21.6. The predicted molar refractivity (Wildman–Crippen MR) is 72.5 cm³/mol. The molecule has 1 fully saturated rings. The highest BCUT2D eigenvalue weighted by Crippen LogP contribution is 2.29. The van der Waals surface area contributed by atoms with E-state index in [-0.39, 0.29) is 23.5 Å². The van der Waals surface area contributed by atoms with Crippen LogP contribution in [0.5, 0.6) is 0 Å². The van der Waals surface area contributed by atoms with Gasteiger partial charge in [-0.15, -0.1) is 0 Å². The number of hydrogen-bond donors (Lipinski definition) is 0. The van der Waals surface area contributed by atoms with Gasteiger partial charge in [0.15, 0.2) is 0 Å². The Balaban J connectivity index is 2.17. The van der Waals surface area contributed by atoms with Gasteiger partial charge >= 0.3 is 11.9 Å². The third kappa shape index (κ3) is 2.74. The Morgan fingerprint density at radius 3 is 2.70 bits per heavy atom. The molecular formula is C14H18N2O4. The molecule has 0 radical (unpaired) electrons. The number of ether oxygens (including phenoxy) is 2. The van der Waals surface area contributed by atoms with Crippen LogP contribution >= 0.6 is 0 Å². The number of anilines is 1. The summed E-state index contributed by atoms with van der Waals surface area (Å²) < 4.78 is 9.47. The van der Waals surface area contributed by atoms with Crippen molar-refractivity contribution in [2.45, 2.75) is 6.92 Å². The van der Waals surface area contributed by atoms with Crippen molar-refractivity contribution >= 4 is 17.6 Å². The van der Waals surface area contributed by atoms with Gasteiger partial charge in [-0.25, -0.2) is 9.78 Å². The molecule has 0 aromatic carbocycles. The number of carbonyl (C=O) groups is 2. The fourth-order valence-electron chi connectivity index (χ4n) is 2.47. The van der Waals surface area contributed by atoms with E-state index in [0.717, 1.165) is 12.2 Å². The summed E-state index contributed by atoms with van der Waals surface area (Å²) in [6, 6.07) is 3.50. The maximum Gasteiger partial charge on any atom is 0.356 e. The molecule has 2 rings (SSSR count).